The summed E-state index contributed by atoms with van der Waals surface area (Å²) in [6.45, 7) is 5.62. The number of aryl methyl sites for hydroxylation is 2. The largest absolute Gasteiger partial charge is 0.437 e. The van der Waals surface area contributed by atoms with E-state index in [1.807, 2.05) is 20.8 Å². The monoisotopic (exact) mass is 269 g/mol. The zero-order valence-electron chi connectivity index (χ0n) is 10.9. The topological polar surface area (TPSA) is 81.1 Å². The maximum Gasteiger partial charge on any atom is 0.256 e. The van der Waals surface area contributed by atoms with Gasteiger partial charge in [-0.25, -0.2) is 4.98 Å². The van der Waals surface area contributed by atoms with Gasteiger partial charge in [-0.1, -0.05) is 11.8 Å². The Hall–Kier alpha value is -1.01. The average Bonchev–Trinajstić information content (AvgIpc) is 3.03. The summed E-state index contributed by atoms with van der Waals surface area (Å²) in [4.78, 5) is 15.9. The van der Waals surface area contributed by atoms with E-state index in [1.165, 1.54) is 11.8 Å². The molecule has 0 aromatic carbocycles. The molecule has 1 aliphatic carbocycles. The van der Waals surface area contributed by atoms with Gasteiger partial charge in [0.25, 0.3) is 5.22 Å². The summed E-state index contributed by atoms with van der Waals surface area (Å²) in [5.41, 5.74) is 5.66. The number of carbonyl (C=O) groups is 1. The molecule has 0 aliphatic heterocycles. The number of nitrogens with zero attached hydrogens (tertiary/aromatic N) is 1. The van der Waals surface area contributed by atoms with Crippen LogP contribution in [0.5, 0.6) is 0 Å². The fourth-order valence-corrected chi connectivity index (χ4v) is 2.60. The summed E-state index contributed by atoms with van der Waals surface area (Å²) in [5, 5.41) is 3.89. The Balaban J connectivity index is 1.98. The number of rotatable bonds is 6. The fraction of sp³-hybridized carbons (Fsp3) is 0.667. The molecule has 1 fully saturated rings. The molecule has 5 nitrogen and oxygen atoms in total. The standard InChI is InChI=1S/C12H19N3O2S/c1-7-8(2)17-11(14-7)18-6-12(3,10(13)16)15-9-4-5-9/h9,15H,4-6H2,1-3H3,(H2,13,16). The molecule has 1 saturated carbocycles. The lowest BCUT2D eigenvalue weighted by Gasteiger charge is -2.26. The van der Waals surface area contributed by atoms with Crippen LogP contribution in [0.1, 0.15) is 31.2 Å². The van der Waals surface area contributed by atoms with Crippen LogP contribution in [0, 0.1) is 13.8 Å². The Morgan fingerprint density at radius 2 is 2.28 bits per heavy atom. The first-order chi connectivity index (χ1) is 8.40. The number of hydrogen-bond donors (Lipinski definition) is 2. The second-order valence-electron chi connectivity index (χ2n) is 5.03. The summed E-state index contributed by atoms with van der Waals surface area (Å²) in [5.74, 6) is 1.01. The van der Waals surface area contributed by atoms with Crippen molar-refractivity contribution in [1.29, 1.82) is 0 Å². The van der Waals surface area contributed by atoms with E-state index in [0.29, 0.717) is 17.0 Å². The van der Waals surface area contributed by atoms with Gasteiger partial charge in [0.2, 0.25) is 5.91 Å². The highest BCUT2D eigenvalue weighted by Gasteiger charge is 2.37. The van der Waals surface area contributed by atoms with Gasteiger partial charge in [-0.15, -0.1) is 0 Å². The molecule has 1 aromatic rings. The van der Waals surface area contributed by atoms with Crippen LogP contribution in [0.2, 0.25) is 0 Å². The molecule has 0 bridgehead atoms. The molecule has 1 aromatic heterocycles. The Bertz CT molecular complexity index is 437. The quantitative estimate of drug-likeness (QED) is 0.763. The Kier molecular flexibility index (Phi) is 3.68. The predicted molar refractivity (Wildman–Crippen MR) is 70.5 cm³/mol. The number of nitrogens with two attached hydrogens (primary N) is 1. The Morgan fingerprint density at radius 3 is 2.72 bits per heavy atom. The first-order valence-electron chi connectivity index (χ1n) is 6.05. The van der Waals surface area contributed by atoms with E-state index in [-0.39, 0.29) is 5.91 Å². The molecule has 1 aliphatic rings. The van der Waals surface area contributed by atoms with Crippen molar-refractivity contribution in [3.05, 3.63) is 11.5 Å². The molecule has 3 N–H and O–H groups in total. The first kappa shape index (κ1) is 13.4. The van der Waals surface area contributed by atoms with E-state index in [2.05, 4.69) is 10.3 Å². The van der Waals surface area contributed by atoms with Crippen LogP contribution >= 0.6 is 11.8 Å². The van der Waals surface area contributed by atoms with Gasteiger partial charge in [-0.05, 0) is 33.6 Å². The molecule has 100 valence electrons. The van der Waals surface area contributed by atoms with Gasteiger partial charge >= 0.3 is 0 Å². The van der Waals surface area contributed by atoms with Crippen LogP contribution in [0.4, 0.5) is 0 Å². The number of amides is 1. The minimum absolute atomic E-state index is 0.332. The summed E-state index contributed by atoms with van der Waals surface area (Å²) in [6.07, 6.45) is 2.23. The van der Waals surface area contributed by atoms with Crippen LogP contribution in [0.15, 0.2) is 9.64 Å². The lowest BCUT2D eigenvalue weighted by molar-refractivity contribution is -0.123. The summed E-state index contributed by atoms with van der Waals surface area (Å²) in [6, 6.07) is 0.427. The summed E-state index contributed by atoms with van der Waals surface area (Å²) < 4.78 is 5.48. The third kappa shape index (κ3) is 3.05. The normalized spacial score (nSPS) is 18.6. The lowest BCUT2D eigenvalue weighted by Crippen LogP contribution is -2.55. The van der Waals surface area contributed by atoms with E-state index in [0.717, 1.165) is 24.3 Å². The number of aromatic nitrogens is 1. The van der Waals surface area contributed by atoms with Crippen molar-refractivity contribution in [2.75, 3.05) is 5.75 Å². The zero-order valence-corrected chi connectivity index (χ0v) is 11.8. The molecule has 1 amide bonds. The number of nitrogens with one attached hydrogen (secondary N) is 1. The van der Waals surface area contributed by atoms with Crippen LogP contribution < -0.4 is 11.1 Å². The number of hydrogen-bond acceptors (Lipinski definition) is 5. The molecule has 6 heteroatoms. The molecule has 1 heterocycles. The highest BCUT2D eigenvalue weighted by atomic mass is 32.2. The summed E-state index contributed by atoms with van der Waals surface area (Å²) >= 11 is 1.42. The van der Waals surface area contributed by atoms with Gasteiger partial charge in [-0.2, -0.15) is 0 Å². The van der Waals surface area contributed by atoms with E-state index in [4.69, 9.17) is 10.2 Å². The van der Waals surface area contributed by atoms with Crippen LogP contribution in [0.3, 0.4) is 0 Å². The van der Waals surface area contributed by atoms with E-state index >= 15 is 0 Å². The van der Waals surface area contributed by atoms with Crippen molar-refractivity contribution < 1.29 is 9.21 Å². The number of carbonyl (C=O) groups excluding carboxylic acids is 1. The second-order valence-corrected chi connectivity index (χ2v) is 5.95. The molecule has 1 atom stereocenters. The smallest absolute Gasteiger partial charge is 0.256 e. The minimum Gasteiger partial charge on any atom is -0.437 e. The van der Waals surface area contributed by atoms with E-state index in [1.54, 1.807) is 0 Å². The predicted octanol–water partition coefficient (Wildman–Crippen LogP) is 1.38. The third-order valence-corrected chi connectivity index (χ3v) is 4.28. The van der Waals surface area contributed by atoms with E-state index in [9.17, 15) is 4.79 Å². The maximum atomic E-state index is 11.6. The average molecular weight is 269 g/mol. The Labute approximate surface area is 111 Å². The second kappa shape index (κ2) is 4.93. The van der Waals surface area contributed by atoms with E-state index < -0.39 is 5.54 Å². The molecule has 2 rings (SSSR count). The van der Waals surface area contributed by atoms with Crippen molar-refractivity contribution in [1.82, 2.24) is 10.3 Å². The van der Waals surface area contributed by atoms with Gasteiger partial charge in [0.05, 0.1) is 5.69 Å². The first-order valence-corrected chi connectivity index (χ1v) is 7.04. The van der Waals surface area contributed by atoms with Gasteiger partial charge in [0.1, 0.15) is 11.3 Å². The molecule has 18 heavy (non-hydrogen) atoms. The van der Waals surface area contributed by atoms with Crippen molar-refractivity contribution in [2.24, 2.45) is 5.73 Å². The number of oxazole rings is 1. The van der Waals surface area contributed by atoms with Gasteiger partial charge in [0, 0.05) is 11.8 Å². The van der Waals surface area contributed by atoms with Crippen LogP contribution in [0.25, 0.3) is 0 Å². The highest BCUT2D eigenvalue weighted by molar-refractivity contribution is 7.99. The molecule has 0 saturated heterocycles. The van der Waals surface area contributed by atoms with Crippen molar-refractivity contribution in [3.8, 4) is 0 Å². The van der Waals surface area contributed by atoms with Gasteiger partial charge in [0.15, 0.2) is 0 Å². The fourth-order valence-electron chi connectivity index (χ4n) is 1.57. The van der Waals surface area contributed by atoms with Gasteiger partial charge < -0.3 is 15.5 Å². The van der Waals surface area contributed by atoms with Crippen LogP contribution in [-0.4, -0.2) is 28.2 Å². The zero-order chi connectivity index (χ0) is 13.3. The molecule has 1 unspecified atom stereocenters. The Morgan fingerprint density at radius 1 is 1.61 bits per heavy atom. The molecular formula is C12H19N3O2S. The third-order valence-electron chi connectivity index (χ3n) is 3.14. The van der Waals surface area contributed by atoms with Gasteiger partial charge in [-0.3, -0.25) is 4.79 Å². The molecule has 0 spiro atoms. The highest BCUT2D eigenvalue weighted by Crippen LogP contribution is 2.27. The van der Waals surface area contributed by atoms with Crippen molar-refractivity contribution >= 4 is 17.7 Å². The molecule has 0 radical (unpaired) electrons. The molecular weight excluding hydrogens is 250 g/mol. The van der Waals surface area contributed by atoms with Crippen molar-refractivity contribution in [3.63, 3.8) is 0 Å². The number of thioether (sulfide) groups is 1. The SMILES string of the molecule is Cc1nc(SCC(C)(NC2CC2)C(N)=O)oc1C. The lowest BCUT2D eigenvalue weighted by atomic mass is 10.1. The van der Waals surface area contributed by atoms with Crippen LogP contribution in [-0.2, 0) is 4.79 Å². The minimum atomic E-state index is -0.706. The van der Waals surface area contributed by atoms with Crippen molar-refractivity contribution in [2.45, 2.75) is 50.4 Å². The number of primary amides is 1. The summed E-state index contributed by atoms with van der Waals surface area (Å²) in [7, 11) is 0. The maximum absolute atomic E-state index is 11.6.